The van der Waals surface area contributed by atoms with Gasteiger partial charge in [-0.15, -0.1) is 10.2 Å². The first kappa shape index (κ1) is 16.5. The van der Waals surface area contributed by atoms with E-state index in [1.54, 1.807) is 0 Å². The molecule has 3 nitrogen and oxygen atoms in total. The van der Waals surface area contributed by atoms with Crippen LogP contribution in [0, 0.1) is 0 Å². The Labute approximate surface area is 163 Å². The molecule has 1 N–H and O–H groups in total. The molecule has 134 valence electrons. The molecular formula is C25H19N3. The molecule has 0 bridgehead atoms. The van der Waals surface area contributed by atoms with Crippen molar-refractivity contribution in [1.29, 1.82) is 0 Å². The summed E-state index contributed by atoms with van der Waals surface area (Å²) in [6, 6.07) is 33.5. The van der Waals surface area contributed by atoms with Gasteiger partial charge in [0.25, 0.3) is 0 Å². The van der Waals surface area contributed by atoms with Crippen LogP contribution in [-0.4, -0.2) is 10.2 Å². The Morgan fingerprint density at radius 3 is 1.89 bits per heavy atom. The maximum atomic E-state index is 4.55. The van der Waals surface area contributed by atoms with Crippen molar-refractivity contribution >= 4 is 27.4 Å². The molecule has 0 aliphatic carbocycles. The molecule has 0 amide bonds. The Kier molecular flexibility index (Phi) is 4.19. The summed E-state index contributed by atoms with van der Waals surface area (Å²) >= 11 is 0. The Morgan fingerprint density at radius 2 is 1.25 bits per heavy atom. The van der Waals surface area contributed by atoms with Gasteiger partial charge in [0, 0.05) is 12.1 Å². The van der Waals surface area contributed by atoms with Gasteiger partial charge in [-0.3, -0.25) is 0 Å². The highest BCUT2D eigenvalue weighted by molar-refractivity contribution is 6.11. The summed E-state index contributed by atoms with van der Waals surface area (Å²) < 4.78 is 0. The van der Waals surface area contributed by atoms with Crippen molar-refractivity contribution < 1.29 is 0 Å². The molecule has 0 saturated carbocycles. The third-order valence-corrected chi connectivity index (χ3v) is 5.01. The van der Waals surface area contributed by atoms with Gasteiger partial charge in [0.15, 0.2) is 0 Å². The molecule has 0 unspecified atom stereocenters. The van der Waals surface area contributed by atoms with Crippen LogP contribution in [0.5, 0.6) is 0 Å². The molecule has 4 aromatic carbocycles. The van der Waals surface area contributed by atoms with E-state index in [2.05, 4.69) is 88.3 Å². The second-order valence-corrected chi connectivity index (χ2v) is 6.84. The van der Waals surface area contributed by atoms with Crippen molar-refractivity contribution in [3.63, 3.8) is 0 Å². The number of aromatic nitrogens is 2. The number of benzene rings is 4. The number of anilines is 1. The fraction of sp³-hybridized carbons (Fsp3) is 0.0400. The fourth-order valence-corrected chi connectivity index (χ4v) is 3.64. The van der Waals surface area contributed by atoms with Crippen molar-refractivity contribution in [3.05, 3.63) is 103 Å². The summed E-state index contributed by atoms with van der Waals surface area (Å²) in [7, 11) is 0. The lowest BCUT2D eigenvalue weighted by molar-refractivity contribution is 1.01. The lowest BCUT2D eigenvalue weighted by atomic mass is 9.95. The normalized spacial score (nSPS) is 11.0. The molecule has 5 rings (SSSR count). The average Bonchev–Trinajstić information content (AvgIpc) is 2.77. The first-order chi connectivity index (χ1) is 13.9. The van der Waals surface area contributed by atoms with Crippen molar-refractivity contribution in [3.8, 4) is 11.3 Å². The summed E-state index contributed by atoms with van der Waals surface area (Å²) in [5.74, 6) is 0.775. The number of hydrogen-bond donors (Lipinski definition) is 1. The molecule has 0 saturated heterocycles. The quantitative estimate of drug-likeness (QED) is 0.395. The van der Waals surface area contributed by atoms with Crippen LogP contribution >= 0.6 is 0 Å². The minimum Gasteiger partial charge on any atom is -0.365 e. The second-order valence-electron chi connectivity index (χ2n) is 6.84. The number of fused-ring (bicyclic) bond motifs is 2. The Hall–Kier alpha value is -3.72. The summed E-state index contributed by atoms with van der Waals surface area (Å²) in [4.78, 5) is 0. The van der Waals surface area contributed by atoms with E-state index in [9.17, 15) is 0 Å². The van der Waals surface area contributed by atoms with E-state index in [4.69, 9.17) is 0 Å². The largest absolute Gasteiger partial charge is 0.365 e. The van der Waals surface area contributed by atoms with Crippen molar-refractivity contribution in [1.82, 2.24) is 10.2 Å². The van der Waals surface area contributed by atoms with Crippen LogP contribution in [0.15, 0.2) is 97.1 Å². The average molecular weight is 361 g/mol. The number of nitrogens with one attached hydrogen (secondary N) is 1. The van der Waals surface area contributed by atoms with Crippen molar-refractivity contribution in [2.75, 3.05) is 5.32 Å². The zero-order valence-corrected chi connectivity index (χ0v) is 15.3. The predicted molar refractivity (Wildman–Crippen MR) is 116 cm³/mol. The zero-order chi connectivity index (χ0) is 18.8. The Balaban J connectivity index is 1.54. The van der Waals surface area contributed by atoms with E-state index in [-0.39, 0.29) is 0 Å². The summed E-state index contributed by atoms with van der Waals surface area (Å²) in [5.41, 5.74) is 3.24. The van der Waals surface area contributed by atoms with Gasteiger partial charge < -0.3 is 5.32 Å². The van der Waals surface area contributed by atoms with E-state index < -0.39 is 0 Å². The molecule has 0 radical (unpaired) electrons. The van der Waals surface area contributed by atoms with E-state index in [0.717, 1.165) is 23.6 Å². The predicted octanol–water partition coefficient (Wildman–Crippen LogP) is 6.06. The van der Waals surface area contributed by atoms with Crippen LogP contribution in [0.25, 0.3) is 32.8 Å². The molecule has 0 fully saturated rings. The van der Waals surface area contributed by atoms with Gasteiger partial charge >= 0.3 is 0 Å². The molecule has 5 aromatic rings. The summed E-state index contributed by atoms with van der Waals surface area (Å²) in [5, 5.41) is 17.1. The zero-order valence-electron chi connectivity index (χ0n) is 15.3. The van der Waals surface area contributed by atoms with E-state index in [0.29, 0.717) is 0 Å². The standard InChI is InChI=1S/C25H19N3/c1-2-8-18(9-3-1)17-26-24-15-14-23(27-28-24)25-21-12-6-4-10-19(21)16-20-11-5-7-13-22(20)25/h1-16H,17H2,(H,26,28). The molecule has 0 aliphatic rings. The Bertz CT molecular complexity index is 1190. The first-order valence-corrected chi connectivity index (χ1v) is 9.41. The summed E-state index contributed by atoms with van der Waals surface area (Å²) in [6.45, 7) is 0.728. The highest BCUT2D eigenvalue weighted by atomic mass is 15.2. The highest BCUT2D eigenvalue weighted by Crippen LogP contribution is 2.35. The molecule has 28 heavy (non-hydrogen) atoms. The summed E-state index contributed by atoms with van der Waals surface area (Å²) in [6.07, 6.45) is 0. The molecule has 0 atom stereocenters. The SMILES string of the molecule is c1ccc(CNc2ccc(-c3c4ccccc4cc4ccccc34)nn2)cc1. The van der Waals surface area contributed by atoms with E-state index in [1.165, 1.54) is 27.1 Å². The third kappa shape index (κ3) is 3.08. The maximum Gasteiger partial charge on any atom is 0.148 e. The minimum atomic E-state index is 0.728. The van der Waals surface area contributed by atoms with Crippen LogP contribution in [0.1, 0.15) is 5.56 Å². The van der Waals surface area contributed by atoms with Crippen molar-refractivity contribution in [2.45, 2.75) is 6.54 Å². The lowest BCUT2D eigenvalue weighted by Crippen LogP contribution is -2.02. The Morgan fingerprint density at radius 1 is 0.607 bits per heavy atom. The van der Waals surface area contributed by atoms with Gasteiger partial charge in [-0.25, -0.2) is 0 Å². The number of rotatable bonds is 4. The maximum absolute atomic E-state index is 4.55. The smallest absolute Gasteiger partial charge is 0.148 e. The minimum absolute atomic E-state index is 0.728. The molecule has 1 heterocycles. The molecular weight excluding hydrogens is 342 g/mol. The van der Waals surface area contributed by atoms with Gasteiger partial charge in [-0.05, 0) is 45.3 Å². The van der Waals surface area contributed by atoms with Gasteiger partial charge in [-0.1, -0.05) is 78.9 Å². The van der Waals surface area contributed by atoms with Crippen LogP contribution in [-0.2, 0) is 6.54 Å². The van der Waals surface area contributed by atoms with Crippen LogP contribution < -0.4 is 5.32 Å². The highest BCUT2D eigenvalue weighted by Gasteiger charge is 2.11. The van der Waals surface area contributed by atoms with E-state index >= 15 is 0 Å². The van der Waals surface area contributed by atoms with Gasteiger partial charge in [0.05, 0.1) is 5.69 Å². The lowest BCUT2D eigenvalue weighted by Gasteiger charge is -2.11. The molecule has 1 aromatic heterocycles. The number of hydrogen-bond acceptors (Lipinski definition) is 3. The topological polar surface area (TPSA) is 37.8 Å². The molecule has 0 aliphatic heterocycles. The molecule has 0 spiro atoms. The van der Waals surface area contributed by atoms with Crippen LogP contribution in [0.2, 0.25) is 0 Å². The van der Waals surface area contributed by atoms with Gasteiger partial charge in [0.2, 0.25) is 0 Å². The van der Waals surface area contributed by atoms with Crippen LogP contribution in [0.3, 0.4) is 0 Å². The second kappa shape index (κ2) is 7.12. The first-order valence-electron chi connectivity index (χ1n) is 9.41. The fourth-order valence-electron chi connectivity index (χ4n) is 3.64. The van der Waals surface area contributed by atoms with E-state index in [1.807, 2.05) is 24.3 Å². The third-order valence-electron chi connectivity index (χ3n) is 5.01. The van der Waals surface area contributed by atoms with Gasteiger partial charge in [0.1, 0.15) is 5.82 Å². The molecule has 3 heteroatoms. The van der Waals surface area contributed by atoms with Crippen LogP contribution in [0.4, 0.5) is 5.82 Å². The number of nitrogens with zero attached hydrogens (tertiary/aromatic N) is 2. The van der Waals surface area contributed by atoms with Gasteiger partial charge in [-0.2, -0.15) is 0 Å². The monoisotopic (exact) mass is 361 g/mol. The van der Waals surface area contributed by atoms with Crippen molar-refractivity contribution in [2.24, 2.45) is 0 Å².